The summed E-state index contributed by atoms with van der Waals surface area (Å²) in [6, 6.07) is 4.37. The summed E-state index contributed by atoms with van der Waals surface area (Å²) < 4.78 is 0. The van der Waals surface area contributed by atoms with Crippen molar-refractivity contribution in [2.45, 2.75) is 53.0 Å². The molecule has 0 radical (unpaired) electrons. The van der Waals surface area contributed by atoms with Crippen LogP contribution in [-0.4, -0.2) is 16.0 Å². The van der Waals surface area contributed by atoms with Crippen LogP contribution in [-0.2, 0) is 0 Å². The van der Waals surface area contributed by atoms with Crippen molar-refractivity contribution in [3.63, 3.8) is 0 Å². The zero-order chi connectivity index (χ0) is 15.4. The SMILES string of the molecule is Cc1ccc(C(N)=S)c(NC2C3(C)CCC(C3)C2(C)C)n1. The molecule has 3 N–H and O–H groups in total. The number of nitrogens with zero attached hydrogens (tertiary/aromatic N) is 1. The number of nitrogens with one attached hydrogen (secondary N) is 1. The lowest BCUT2D eigenvalue weighted by Crippen LogP contribution is -2.46. The van der Waals surface area contributed by atoms with Gasteiger partial charge < -0.3 is 11.1 Å². The molecule has 2 bridgehead atoms. The molecule has 3 rings (SSSR count). The predicted octanol–water partition coefficient (Wildman–Crippen LogP) is 3.65. The minimum Gasteiger partial charge on any atom is -0.389 e. The third kappa shape index (κ3) is 2.24. The first-order valence-corrected chi connectivity index (χ1v) is 8.19. The summed E-state index contributed by atoms with van der Waals surface area (Å²) in [6.45, 7) is 9.18. The number of thiocarbonyl (C=S) groups is 1. The molecule has 1 aromatic heterocycles. The molecular weight excluding hydrogens is 278 g/mol. The van der Waals surface area contributed by atoms with Gasteiger partial charge in [0, 0.05) is 11.7 Å². The van der Waals surface area contributed by atoms with Gasteiger partial charge in [0.25, 0.3) is 0 Å². The Bertz CT molecular complexity index is 591. The van der Waals surface area contributed by atoms with Gasteiger partial charge in [-0.3, -0.25) is 0 Å². The van der Waals surface area contributed by atoms with E-state index in [1.165, 1.54) is 19.3 Å². The fraction of sp³-hybridized carbons (Fsp3) is 0.647. The van der Waals surface area contributed by atoms with Gasteiger partial charge in [-0.05, 0) is 55.1 Å². The largest absolute Gasteiger partial charge is 0.389 e. The second-order valence-corrected chi connectivity index (χ2v) is 8.15. The third-order valence-corrected chi connectivity index (χ3v) is 6.07. The molecular formula is C17H25N3S. The van der Waals surface area contributed by atoms with E-state index in [1.54, 1.807) is 0 Å². The van der Waals surface area contributed by atoms with Crippen LogP contribution < -0.4 is 11.1 Å². The van der Waals surface area contributed by atoms with E-state index in [0.717, 1.165) is 23.0 Å². The fourth-order valence-electron chi connectivity index (χ4n) is 4.66. The molecule has 114 valence electrons. The number of hydrogen-bond donors (Lipinski definition) is 2. The van der Waals surface area contributed by atoms with Crippen molar-refractivity contribution in [2.75, 3.05) is 5.32 Å². The van der Waals surface area contributed by atoms with E-state index in [0.29, 0.717) is 16.4 Å². The van der Waals surface area contributed by atoms with E-state index in [1.807, 2.05) is 19.1 Å². The number of rotatable bonds is 3. The summed E-state index contributed by atoms with van der Waals surface area (Å²) >= 11 is 5.18. The van der Waals surface area contributed by atoms with Gasteiger partial charge in [-0.2, -0.15) is 0 Å². The Labute approximate surface area is 132 Å². The number of pyridine rings is 1. The number of aromatic nitrogens is 1. The highest BCUT2D eigenvalue weighted by molar-refractivity contribution is 7.80. The highest BCUT2D eigenvalue weighted by Crippen LogP contribution is 2.63. The lowest BCUT2D eigenvalue weighted by atomic mass is 9.68. The Morgan fingerprint density at radius 2 is 2.10 bits per heavy atom. The molecule has 2 aliphatic rings. The first-order chi connectivity index (χ1) is 9.74. The summed E-state index contributed by atoms with van der Waals surface area (Å²) in [5, 5.41) is 3.72. The summed E-state index contributed by atoms with van der Waals surface area (Å²) in [5.41, 5.74) is 8.35. The van der Waals surface area contributed by atoms with Gasteiger partial charge in [0.15, 0.2) is 0 Å². The van der Waals surface area contributed by atoms with Crippen LogP contribution in [0.15, 0.2) is 12.1 Å². The number of anilines is 1. The van der Waals surface area contributed by atoms with Crippen LogP contribution in [0.4, 0.5) is 5.82 Å². The molecule has 0 saturated heterocycles. The zero-order valence-electron chi connectivity index (χ0n) is 13.4. The fourth-order valence-corrected chi connectivity index (χ4v) is 4.83. The highest BCUT2D eigenvalue weighted by Gasteiger charge is 2.59. The maximum atomic E-state index is 5.87. The van der Waals surface area contributed by atoms with Crippen molar-refractivity contribution in [1.29, 1.82) is 0 Å². The molecule has 21 heavy (non-hydrogen) atoms. The zero-order valence-corrected chi connectivity index (χ0v) is 14.2. The van der Waals surface area contributed by atoms with Crippen LogP contribution in [0.3, 0.4) is 0 Å². The van der Waals surface area contributed by atoms with Crippen molar-refractivity contribution in [3.8, 4) is 0 Å². The van der Waals surface area contributed by atoms with E-state index in [9.17, 15) is 0 Å². The normalized spacial score (nSPS) is 33.1. The molecule has 1 heterocycles. The average Bonchev–Trinajstić information content (AvgIpc) is 2.85. The molecule has 3 unspecified atom stereocenters. The molecule has 0 amide bonds. The minimum absolute atomic E-state index is 0.284. The summed E-state index contributed by atoms with van der Waals surface area (Å²) in [5.74, 6) is 1.66. The van der Waals surface area contributed by atoms with Crippen molar-refractivity contribution in [3.05, 3.63) is 23.4 Å². The van der Waals surface area contributed by atoms with E-state index in [4.69, 9.17) is 18.0 Å². The second-order valence-electron chi connectivity index (χ2n) is 7.71. The summed E-state index contributed by atoms with van der Waals surface area (Å²) in [7, 11) is 0. The van der Waals surface area contributed by atoms with Gasteiger partial charge in [0.05, 0.1) is 5.56 Å². The third-order valence-electron chi connectivity index (χ3n) is 5.85. The number of nitrogens with two attached hydrogens (primary N) is 1. The monoisotopic (exact) mass is 303 g/mol. The van der Waals surface area contributed by atoms with E-state index in [2.05, 4.69) is 31.1 Å². The molecule has 0 spiro atoms. The van der Waals surface area contributed by atoms with Gasteiger partial charge in [0.1, 0.15) is 10.8 Å². The van der Waals surface area contributed by atoms with E-state index >= 15 is 0 Å². The average molecular weight is 303 g/mol. The van der Waals surface area contributed by atoms with Gasteiger partial charge in [-0.25, -0.2) is 4.98 Å². The standard InChI is InChI=1S/C17H25N3S/c1-10-5-6-12(13(18)21)14(19-10)20-15-16(2,3)11-7-8-17(15,4)9-11/h5-6,11,15H,7-9H2,1-4H3,(H2,18,21)(H,19,20). The van der Waals surface area contributed by atoms with Gasteiger partial charge >= 0.3 is 0 Å². The first-order valence-electron chi connectivity index (χ1n) is 7.78. The molecule has 2 saturated carbocycles. The molecule has 2 fully saturated rings. The van der Waals surface area contributed by atoms with Crippen molar-refractivity contribution in [2.24, 2.45) is 22.5 Å². The van der Waals surface area contributed by atoms with E-state index in [-0.39, 0.29) is 5.41 Å². The lowest BCUT2D eigenvalue weighted by Gasteiger charge is -2.43. The maximum Gasteiger partial charge on any atom is 0.136 e. The van der Waals surface area contributed by atoms with Crippen molar-refractivity contribution in [1.82, 2.24) is 4.98 Å². The van der Waals surface area contributed by atoms with Gasteiger partial charge in [0.2, 0.25) is 0 Å². The van der Waals surface area contributed by atoms with Crippen LogP contribution in [0, 0.1) is 23.7 Å². The predicted molar refractivity (Wildman–Crippen MR) is 91.5 cm³/mol. The number of fused-ring (bicyclic) bond motifs is 2. The van der Waals surface area contributed by atoms with Crippen LogP contribution in [0.2, 0.25) is 0 Å². The topological polar surface area (TPSA) is 50.9 Å². The Kier molecular flexibility index (Phi) is 3.28. The first kappa shape index (κ1) is 14.8. The van der Waals surface area contributed by atoms with Crippen molar-refractivity contribution < 1.29 is 0 Å². The van der Waals surface area contributed by atoms with Gasteiger partial charge in [-0.1, -0.05) is 33.0 Å². The van der Waals surface area contributed by atoms with E-state index < -0.39 is 0 Å². The van der Waals surface area contributed by atoms with Crippen molar-refractivity contribution >= 4 is 23.0 Å². The Hall–Kier alpha value is -1.16. The molecule has 4 heteroatoms. The Morgan fingerprint density at radius 3 is 2.67 bits per heavy atom. The Morgan fingerprint density at radius 1 is 1.38 bits per heavy atom. The van der Waals surface area contributed by atoms with Crippen LogP contribution >= 0.6 is 12.2 Å². The molecule has 0 aliphatic heterocycles. The van der Waals surface area contributed by atoms with Crippen LogP contribution in [0.5, 0.6) is 0 Å². The smallest absolute Gasteiger partial charge is 0.136 e. The molecule has 3 atom stereocenters. The van der Waals surface area contributed by atoms with Gasteiger partial charge in [-0.15, -0.1) is 0 Å². The molecule has 3 nitrogen and oxygen atoms in total. The number of aryl methyl sites for hydroxylation is 1. The minimum atomic E-state index is 0.284. The van der Waals surface area contributed by atoms with Crippen LogP contribution in [0.1, 0.15) is 51.3 Å². The highest BCUT2D eigenvalue weighted by atomic mass is 32.1. The quantitative estimate of drug-likeness (QED) is 0.837. The molecule has 0 aromatic carbocycles. The maximum absolute atomic E-state index is 5.87. The summed E-state index contributed by atoms with van der Waals surface area (Å²) in [4.78, 5) is 5.07. The number of hydrogen-bond acceptors (Lipinski definition) is 3. The lowest BCUT2D eigenvalue weighted by molar-refractivity contribution is 0.155. The van der Waals surface area contributed by atoms with Crippen LogP contribution in [0.25, 0.3) is 0 Å². The Balaban J connectivity index is 1.97. The second kappa shape index (κ2) is 4.67. The molecule has 1 aromatic rings. The molecule has 2 aliphatic carbocycles. The summed E-state index contributed by atoms with van der Waals surface area (Å²) in [6.07, 6.45) is 3.96.